The molecule has 0 aliphatic carbocycles. The molecular formula is C20H32F3IN4O2. The second-order valence-corrected chi connectivity index (χ2v) is 7.36. The van der Waals surface area contributed by atoms with Gasteiger partial charge in [-0.25, -0.2) is 0 Å². The van der Waals surface area contributed by atoms with E-state index < -0.39 is 12.7 Å². The molecule has 0 amide bonds. The Bertz CT molecular complexity index is 668. The standard InChI is InChI=1S/C20H31F3N4O2.HI/c1-15-4-5-17(18(10-15)29-13-16-6-9-28-12-16)11-26-19(24-2)25-7-8-27(3)14-20(21,22)23;/h4-5,10,16H,6-9,11-14H2,1-3H3,(H2,24,25,26);1H. The molecule has 1 saturated heterocycles. The molecule has 2 N–H and O–H groups in total. The molecule has 1 fully saturated rings. The third-order valence-corrected chi connectivity index (χ3v) is 4.63. The van der Waals surface area contributed by atoms with E-state index in [1.54, 1.807) is 7.05 Å². The first-order chi connectivity index (χ1) is 13.8. The Labute approximate surface area is 193 Å². The Balaban J connectivity index is 0.00000450. The van der Waals surface area contributed by atoms with Crippen molar-refractivity contribution in [2.24, 2.45) is 10.9 Å². The number of aliphatic imine (C=N–C) groups is 1. The second-order valence-electron chi connectivity index (χ2n) is 7.36. The number of benzene rings is 1. The van der Waals surface area contributed by atoms with Gasteiger partial charge in [0.2, 0.25) is 0 Å². The van der Waals surface area contributed by atoms with Gasteiger partial charge in [-0.2, -0.15) is 13.2 Å². The highest BCUT2D eigenvalue weighted by Gasteiger charge is 2.28. The minimum absolute atomic E-state index is 0. The molecule has 172 valence electrons. The summed E-state index contributed by atoms with van der Waals surface area (Å²) in [7, 11) is 3.07. The van der Waals surface area contributed by atoms with E-state index in [9.17, 15) is 13.2 Å². The number of rotatable bonds is 9. The Morgan fingerprint density at radius 2 is 2.10 bits per heavy atom. The minimum atomic E-state index is -4.19. The molecule has 1 unspecified atom stereocenters. The summed E-state index contributed by atoms with van der Waals surface area (Å²) in [5.41, 5.74) is 2.10. The van der Waals surface area contributed by atoms with Crippen LogP contribution in [0.25, 0.3) is 0 Å². The van der Waals surface area contributed by atoms with Crippen LogP contribution in [0, 0.1) is 12.8 Å². The van der Waals surface area contributed by atoms with Crippen molar-refractivity contribution in [2.45, 2.75) is 26.1 Å². The second kappa shape index (κ2) is 13.2. The quantitative estimate of drug-likeness (QED) is 0.284. The van der Waals surface area contributed by atoms with E-state index in [-0.39, 0.29) is 30.5 Å². The van der Waals surface area contributed by atoms with E-state index in [0.717, 1.165) is 36.5 Å². The molecule has 0 saturated carbocycles. The molecule has 0 bridgehead atoms. The smallest absolute Gasteiger partial charge is 0.401 e. The molecule has 2 rings (SSSR count). The van der Waals surface area contributed by atoms with Crippen molar-refractivity contribution in [1.29, 1.82) is 0 Å². The van der Waals surface area contributed by atoms with Gasteiger partial charge in [0.15, 0.2) is 5.96 Å². The number of nitrogens with zero attached hydrogens (tertiary/aromatic N) is 2. The lowest BCUT2D eigenvalue weighted by Crippen LogP contribution is -2.42. The van der Waals surface area contributed by atoms with Crippen LogP contribution in [0.5, 0.6) is 5.75 Å². The summed E-state index contributed by atoms with van der Waals surface area (Å²) < 4.78 is 48.6. The van der Waals surface area contributed by atoms with E-state index in [2.05, 4.69) is 15.6 Å². The van der Waals surface area contributed by atoms with Crippen LogP contribution in [0.15, 0.2) is 23.2 Å². The highest BCUT2D eigenvalue weighted by atomic mass is 127. The van der Waals surface area contributed by atoms with Gasteiger partial charge < -0.3 is 20.1 Å². The molecule has 1 heterocycles. The molecule has 0 aromatic heterocycles. The molecule has 1 atom stereocenters. The number of halogens is 4. The van der Waals surface area contributed by atoms with Crippen LogP contribution >= 0.6 is 24.0 Å². The van der Waals surface area contributed by atoms with Crippen molar-refractivity contribution in [3.63, 3.8) is 0 Å². The largest absolute Gasteiger partial charge is 0.493 e. The lowest BCUT2D eigenvalue weighted by Gasteiger charge is -2.20. The zero-order valence-corrected chi connectivity index (χ0v) is 20.0. The number of ether oxygens (including phenoxy) is 2. The SMILES string of the molecule is CN=C(NCCN(C)CC(F)(F)F)NCc1ccc(C)cc1OCC1CCOC1.I. The minimum Gasteiger partial charge on any atom is -0.493 e. The first-order valence-corrected chi connectivity index (χ1v) is 9.76. The highest BCUT2D eigenvalue weighted by Crippen LogP contribution is 2.22. The lowest BCUT2D eigenvalue weighted by molar-refractivity contribution is -0.142. The zero-order chi connectivity index (χ0) is 21.3. The molecule has 0 spiro atoms. The van der Waals surface area contributed by atoms with E-state index in [1.165, 1.54) is 11.9 Å². The number of hydrogen-bond acceptors (Lipinski definition) is 4. The summed E-state index contributed by atoms with van der Waals surface area (Å²) in [5.74, 6) is 1.77. The third kappa shape index (κ3) is 10.2. The average molecular weight is 544 g/mol. The molecular weight excluding hydrogens is 512 g/mol. The van der Waals surface area contributed by atoms with Gasteiger partial charge in [-0.1, -0.05) is 12.1 Å². The monoisotopic (exact) mass is 544 g/mol. The topological polar surface area (TPSA) is 58.1 Å². The summed E-state index contributed by atoms with van der Waals surface area (Å²) in [6, 6.07) is 6.03. The van der Waals surface area contributed by atoms with Gasteiger partial charge in [0.1, 0.15) is 5.75 Å². The number of alkyl halides is 3. The van der Waals surface area contributed by atoms with Crippen molar-refractivity contribution < 1.29 is 22.6 Å². The van der Waals surface area contributed by atoms with E-state index in [0.29, 0.717) is 31.6 Å². The van der Waals surface area contributed by atoms with Gasteiger partial charge in [0.25, 0.3) is 0 Å². The Kier molecular flexibility index (Phi) is 11.8. The van der Waals surface area contributed by atoms with E-state index in [4.69, 9.17) is 9.47 Å². The Morgan fingerprint density at radius 1 is 1.33 bits per heavy atom. The predicted octanol–water partition coefficient (Wildman–Crippen LogP) is 3.19. The predicted molar refractivity (Wildman–Crippen MR) is 123 cm³/mol. The normalized spacial score (nSPS) is 17.0. The molecule has 10 heteroatoms. The van der Waals surface area contributed by atoms with Gasteiger partial charge in [0, 0.05) is 44.8 Å². The summed E-state index contributed by atoms with van der Waals surface area (Å²) in [6.07, 6.45) is -3.18. The molecule has 1 aliphatic heterocycles. The first kappa shape index (κ1) is 26.8. The fourth-order valence-corrected chi connectivity index (χ4v) is 3.01. The van der Waals surface area contributed by atoms with Gasteiger partial charge >= 0.3 is 6.18 Å². The molecule has 30 heavy (non-hydrogen) atoms. The maximum atomic E-state index is 12.4. The molecule has 1 aromatic rings. The fourth-order valence-electron chi connectivity index (χ4n) is 3.01. The van der Waals surface area contributed by atoms with Crippen molar-refractivity contribution in [2.75, 3.05) is 53.6 Å². The van der Waals surface area contributed by atoms with Crippen LogP contribution < -0.4 is 15.4 Å². The third-order valence-electron chi connectivity index (χ3n) is 4.63. The number of aryl methyl sites for hydroxylation is 1. The van der Waals surface area contributed by atoms with Gasteiger partial charge in [-0.3, -0.25) is 9.89 Å². The number of nitrogens with one attached hydrogen (secondary N) is 2. The number of hydrogen-bond donors (Lipinski definition) is 2. The van der Waals surface area contributed by atoms with Crippen molar-refractivity contribution in [3.05, 3.63) is 29.3 Å². The van der Waals surface area contributed by atoms with Gasteiger partial charge in [-0.05, 0) is 32.0 Å². The molecule has 0 radical (unpaired) electrons. The summed E-state index contributed by atoms with van der Waals surface area (Å²) in [6.45, 7) is 4.32. The van der Waals surface area contributed by atoms with Crippen molar-refractivity contribution in [1.82, 2.24) is 15.5 Å². The van der Waals surface area contributed by atoms with E-state index >= 15 is 0 Å². The lowest BCUT2D eigenvalue weighted by atomic mass is 10.1. The fraction of sp³-hybridized carbons (Fsp3) is 0.650. The molecule has 6 nitrogen and oxygen atoms in total. The maximum absolute atomic E-state index is 12.4. The van der Waals surface area contributed by atoms with Crippen LogP contribution in [0.1, 0.15) is 17.5 Å². The van der Waals surface area contributed by atoms with Crippen molar-refractivity contribution in [3.8, 4) is 5.75 Å². The van der Waals surface area contributed by atoms with Crippen molar-refractivity contribution >= 4 is 29.9 Å². The molecule has 1 aliphatic rings. The van der Waals surface area contributed by atoms with Crippen LogP contribution in [-0.2, 0) is 11.3 Å². The summed E-state index contributed by atoms with van der Waals surface area (Å²) in [5, 5.41) is 6.23. The Morgan fingerprint density at radius 3 is 2.73 bits per heavy atom. The Hall–Kier alpha value is -1.27. The summed E-state index contributed by atoms with van der Waals surface area (Å²) in [4.78, 5) is 5.35. The average Bonchev–Trinajstić information content (AvgIpc) is 3.16. The first-order valence-electron chi connectivity index (χ1n) is 9.76. The zero-order valence-electron chi connectivity index (χ0n) is 17.7. The van der Waals surface area contributed by atoms with E-state index in [1.807, 2.05) is 25.1 Å². The number of guanidine groups is 1. The summed E-state index contributed by atoms with van der Waals surface area (Å²) >= 11 is 0. The van der Waals surface area contributed by atoms with Gasteiger partial charge in [-0.15, -0.1) is 24.0 Å². The number of likely N-dealkylation sites (N-methyl/N-ethyl adjacent to an activating group) is 1. The van der Waals surface area contributed by atoms with Crippen LogP contribution in [0.3, 0.4) is 0 Å². The van der Waals surface area contributed by atoms with Crippen LogP contribution in [0.2, 0.25) is 0 Å². The van der Waals surface area contributed by atoms with Gasteiger partial charge in [0.05, 0.1) is 19.8 Å². The molecule has 1 aromatic carbocycles. The highest BCUT2D eigenvalue weighted by molar-refractivity contribution is 14.0. The maximum Gasteiger partial charge on any atom is 0.401 e. The van der Waals surface area contributed by atoms with Crippen LogP contribution in [-0.4, -0.2) is 70.6 Å². The van der Waals surface area contributed by atoms with Crippen LogP contribution in [0.4, 0.5) is 13.2 Å².